The van der Waals surface area contributed by atoms with Crippen molar-refractivity contribution < 1.29 is 23.9 Å². The summed E-state index contributed by atoms with van der Waals surface area (Å²) in [6.07, 6.45) is -0.327. The van der Waals surface area contributed by atoms with Crippen molar-refractivity contribution in [1.29, 1.82) is 0 Å². The second-order valence-corrected chi connectivity index (χ2v) is 9.50. The number of hydrogen-bond donors (Lipinski definition) is 2. The molecular weight excluding hydrogens is 506 g/mol. The molecule has 0 spiro atoms. The highest BCUT2D eigenvalue weighted by Crippen LogP contribution is 2.31. The third kappa shape index (κ3) is 5.60. The molecule has 0 atom stereocenters. The zero-order chi connectivity index (χ0) is 27.6. The summed E-state index contributed by atoms with van der Waals surface area (Å²) in [5, 5.41) is 5.46. The molecule has 8 nitrogen and oxygen atoms in total. The summed E-state index contributed by atoms with van der Waals surface area (Å²) in [6, 6.07) is 18.3. The molecule has 0 aliphatic carbocycles. The first-order valence-corrected chi connectivity index (χ1v) is 12.3. The van der Waals surface area contributed by atoms with Gasteiger partial charge in [0.1, 0.15) is 10.7 Å². The molecule has 194 valence electrons. The van der Waals surface area contributed by atoms with Gasteiger partial charge in [-0.2, -0.15) is 0 Å². The Bertz CT molecular complexity index is 1500. The van der Waals surface area contributed by atoms with Gasteiger partial charge in [-0.1, -0.05) is 35.9 Å². The van der Waals surface area contributed by atoms with Gasteiger partial charge in [0.05, 0.1) is 17.4 Å². The molecule has 0 saturated carbocycles. The van der Waals surface area contributed by atoms with Crippen LogP contribution in [-0.4, -0.2) is 29.8 Å². The molecule has 0 bridgehead atoms. The van der Waals surface area contributed by atoms with Gasteiger partial charge in [-0.05, 0) is 81.3 Å². The SMILES string of the molecule is Cc1ccc(C)c(NC(=O)c2cccc(NC3=C(Cl)C(=O)N(c4cccc(C(=O)OC(C)C)c4)C3=O)c2)c1. The predicted octanol–water partition coefficient (Wildman–Crippen LogP) is 5.56. The topological polar surface area (TPSA) is 105 Å². The number of ether oxygens (including phenoxy) is 1. The summed E-state index contributed by atoms with van der Waals surface area (Å²) in [4.78, 5) is 52.2. The number of carbonyl (C=O) groups is 4. The van der Waals surface area contributed by atoms with Crippen LogP contribution in [0.25, 0.3) is 0 Å². The van der Waals surface area contributed by atoms with Crippen LogP contribution in [0.3, 0.4) is 0 Å². The third-order valence-corrected chi connectivity index (χ3v) is 6.10. The smallest absolute Gasteiger partial charge is 0.338 e. The maximum atomic E-state index is 13.2. The zero-order valence-corrected chi connectivity index (χ0v) is 22.1. The van der Waals surface area contributed by atoms with Gasteiger partial charge in [0, 0.05) is 16.9 Å². The highest BCUT2D eigenvalue weighted by atomic mass is 35.5. The number of esters is 1. The van der Waals surface area contributed by atoms with Crippen molar-refractivity contribution in [3.05, 3.63) is 99.7 Å². The monoisotopic (exact) mass is 531 g/mol. The zero-order valence-electron chi connectivity index (χ0n) is 21.3. The van der Waals surface area contributed by atoms with Gasteiger partial charge in [-0.15, -0.1) is 0 Å². The number of aryl methyl sites for hydroxylation is 2. The maximum absolute atomic E-state index is 13.2. The van der Waals surface area contributed by atoms with E-state index in [0.717, 1.165) is 16.0 Å². The van der Waals surface area contributed by atoms with E-state index in [0.29, 0.717) is 16.9 Å². The lowest BCUT2D eigenvalue weighted by molar-refractivity contribution is -0.120. The molecule has 3 aromatic rings. The number of nitrogens with zero attached hydrogens (tertiary/aromatic N) is 1. The van der Waals surface area contributed by atoms with E-state index in [4.69, 9.17) is 16.3 Å². The summed E-state index contributed by atoms with van der Waals surface area (Å²) in [7, 11) is 0. The van der Waals surface area contributed by atoms with Crippen molar-refractivity contribution in [1.82, 2.24) is 0 Å². The van der Waals surface area contributed by atoms with Crippen molar-refractivity contribution in [2.24, 2.45) is 0 Å². The molecular formula is C29H26ClN3O5. The van der Waals surface area contributed by atoms with Crippen molar-refractivity contribution in [2.45, 2.75) is 33.8 Å². The van der Waals surface area contributed by atoms with Crippen LogP contribution in [-0.2, 0) is 14.3 Å². The fourth-order valence-corrected chi connectivity index (χ4v) is 4.06. The molecule has 1 heterocycles. The molecule has 2 N–H and O–H groups in total. The van der Waals surface area contributed by atoms with Crippen molar-refractivity contribution >= 4 is 52.4 Å². The average Bonchev–Trinajstić information content (AvgIpc) is 3.09. The van der Waals surface area contributed by atoms with Gasteiger partial charge < -0.3 is 15.4 Å². The Balaban J connectivity index is 1.54. The van der Waals surface area contributed by atoms with Crippen LogP contribution in [0, 0.1) is 13.8 Å². The molecule has 0 unspecified atom stereocenters. The van der Waals surface area contributed by atoms with Gasteiger partial charge in [-0.25, -0.2) is 9.69 Å². The van der Waals surface area contributed by atoms with Crippen LogP contribution in [0.2, 0.25) is 0 Å². The van der Waals surface area contributed by atoms with Gasteiger partial charge >= 0.3 is 5.97 Å². The first-order valence-electron chi connectivity index (χ1n) is 11.9. The molecule has 1 aliphatic heterocycles. The summed E-state index contributed by atoms with van der Waals surface area (Å²) in [5.74, 6) is -2.34. The lowest BCUT2D eigenvalue weighted by atomic mass is 10.1. The lowest BCUT2D eigenvalue weighted by Crippen LogP contribution is -2.32. The lowest BCUT2D eigenvalue weighted by Gasteiger charge is -2.16. The summed E-state index contributed by atoms with van der Waals surface area (Å²) < 4.78 is 5.20. The number of anilines is 3. The Morgan fingerprint density at radius 2 is 1.61 bits per heavy atom. The molecule has 1 aliphatic rings. The molecule has 3 amide bonds. The second kappa shape index (κ2) is 10.9. The fraction of sp³-hybridized carbons (Fsp3) is 0.172. The van der Waals surface area contributed by atoms with Gasteiger partial charge in [0.25, 0.3) is 17.7 Å². The standard InChI is InChI=1S/C29H26ClN3O5/c1-16(2)38-29(37)20-8-6-10-22(15-20)33-27(35)24(30)25(28(33)36)31-21-9-5-7-19(14-21)26(34)32-23-13-17(3)11-12-18(23)4/h5-16,31H,1-4H3,(H,32,34). The quantitative estimate of drug-likeness (QED) is 0.305. The minimum atomic E-state index is -0.739. The van der Waals surface area contributed by atoms with Crippen LogP contribution in [0.15, 0.2) is 77.5 Å². The van der Waals surface area contributed by atoms with Gasteiger partial charge in [0.2, 0.25) is 0 Å². The first kappa shape index (κ1) is 26.6. The highest BCUT2D eigenvalue weighted by Gasteiger charge is 2.39. The number of hydrogen-bond acceptors (Lipinski definition) is 6. The summed E-state index contributed by atoms with van der Waals surface area (Å²) in [6.45, 7) is 7.28. The number of benzene rings is 3. The summed E-state index contributed by atoms with van der Waals surface area (Å²) >= 11 is 6.27. The molecule has 3 aromatic carbocycles. The van der Waals surface area contributed by atoms with E-state index in [1.165, 1.54) is 18.2 Å². The Morgan fingerprint density at radius 3 is 2.34 bits per heavy atom. The number of halogens is 1. The number of imide groups is 1. The van der Waals surface area contributed by atoms with E-state index in [-0.39, 0.29) is 34.0 Å². The van der Waals surface area contributed by atoms with Crippen molar-refractivity contribution in [3.63, 3.8) is 0 Å². The number of rotatable bonds is 7. The van der Waals surface area contributed by atoms with Crippen LogP contribution in [0.5, 0.6) is 0 Å². The normalized spacial score (nSPS) is 13.3. The van der Waals surface area contributed by atoms with Crippen LogP contribution < -0.4 is 15.5 Å². The van der Waals surface area contributed by atoms with Crippen molar-refractivity contribution in [3.8, 4) is 0 Å². The maximum Gasteiger partial charge on any atom is 0.338 e. The van der Waals surface area contributed by atoms with Gasteiger partial charge in [0.15, 0.2) is 0 Å². The van der Waals surface area contributed by atoms with E-state index in [1.807, 2.05) is 32.0 Å². The Hall–Kier alpha value is -4.43. The van der Waals surface area contributed by atoms with E-state index < -0.39 is 17.8 Å². The molecule has 0 fully saturated rings. The first-order chi connectivity index (χ1) is 18.0. The molecule has 9 heteroatoms. The fourth-order valence-electron chi connectivity index (χ4n) is 3.85. The van der Waals surface area contributed by atoms with Crippen LogP contribution in [0.1, 0.15) is 45.7 Å². The number of amides is 3. The molecule has 4 rings (SSSR count). The minimum Gasteiger partial charge on any atom is -0.459 e. The molecule has 0 saturated heterocycles. The number of nitrogens with one attached hydrogen (secondary N) is 2. The number of carbonyl (C=O) groups excluding carboxylic acids is 4. The highest BCUT2D eigenvalue weighted by molar-refractivity contribution is 6.53. The van der Waals surface area contributed by atoms with E-state index in [1.54, 1.807) is 44.2 Å². The van der Waals surface area contributed by atoms with Crippen LogP contribution in [0.4, 0.5) is 17.1 Å². The molecule has 38 heavy (non-hydrogen) atoms. The largest absolute Gasteiger partial charge is 0.459 e. The third-order valence-electron chi connectivity index (χ3n) is 5.75. The van der Waals surface area contributed by atoms with E-state index in [9.17, 15) is 19.2 Å². The average molecular weight is 532 g/mol. The van der Waals surface area contributed by atoms with Crippen molar-refractivity contribution in [2.75, 3.05) is 15.5 Å². The predicted molar refractivity (Wildman–Crippen MR) is 146 cm³/mol. The second-order valence-electron chi connectivity index (χ2n) is 9.12. The van der Waals surface area contributed by atoms with E-state index in [2.05, 4.69) is 10.6 Å². The minimum absolute atomic E-state index is 0.140. The van der Waals surface area contributed by atoms with Crippen LogP contribution >= 0.6 is 11.6 Å². The Kier molecular flexibility index (Phi) is 7.64. The molecule has 0 radical (unpaired) electrons. The Labute approximate surface area is 225 Å². The van der Waals surface area contributed by atoms with E-state index >= 15 is 0 Å². The van der Waals surface area contributed by atoms with Gasteiger partial charge in [-0.3, -0.25) is 14.4 Å². The summed E-state index contributed by atoms with van der Waals surface area (Å²) in [5.41, 5.74) is 3.60. The molecule has 0 aromatic heterocycles. The Morgan fingerprint density at radius 1 is 0.895 bits per heavy atom.